The number of anilines is 1. The zero-order valence-corrected chi connectivity index (χ0v) is 9.22. The van der Waals surface area contributed by atoms with E-state index in [0.29, 0.717) is 0 Å². The fourth-order valence-electron chi connectivity index (χ4n) is 2.16. The molecule has 1 aromatic rings. The first kappa shape index (κ1) is 10.9. The standard InChI is InChI=1S/C12H16N2O2/c15-12(16)8-10-9-13-5-4-11(10)14-6-2-1-3-7-14/h4-5,9H,1-3,6-8H2,(H,15,16). The van der Waals surface area contributed by atoms with Gasteiger partial charge in [-0.2, -0.15) is 0 Å². The van der Waals surface area contributed by atoms with Crippen LogP contribution in [-0.2, 0) is 11.2 Å². The molecule has 1 aliphatic rings. The number of aromatic nitrogens is 1. The van der Waals surface area contributed by atoms with Crippen LogP contribution in [0.2, 0.25) is 0 Å². The summed E-state index contributed by atoms with van der Waals surface area (Å²) in [5, 5.41) is 8.84. The number of piperidine rings is 1. The van der Waals surface area contributed by atoms with Gasteiger partial charge >= 0.3 is 5.97 Å². The molecule has 4 nitrogen and oxygen atoms in total. The summed E-state index contributed by atoms with van der Waals surface area (Å²) >= 11 is 0. The maximum atomic E-state index is 10.8. The lowest BCUT2D eigenvalue weighted by molar-refractivity contribution is -0.136. The van der Waals surface area contributed by atoms with Gasteiger partial charge in [0, 0.05) is 36.7 Å². The molecule has 1 saturated heterocycles. The Morgan fingerprint density at radius 2 is 2.12 bits per heavy atom. The summed E-state index contributed by atoms with van der Waals surface area (Å²) in [7, 11) is 0. The maximum absolute atomic E-state index is 10.8. The van der Waals surface area contributed by atoms with E-state index in [0.717, 1.165) is 24.3 Å². The third-order valence-electron chi connectivity index (χ3n) is 2.92. The molecule has 1 fully saturated rings. The molecule has 0 radical (unpaired) electrons. The smallest absolute Gasteiger partial charge is 0.307 e. The average Bonchev–Trinajstić information content (AvgIpc) is 2.30. The van der Waals surface area contributed by atoms with Crippen molar-refractivity contribution in [2.45, 2.75) is 25.7 Å². The summed E-state index contributed by atoms with van der Waals surface area (Å²) < 4.78 is 0. The molecule has 0 unspecified atom stereocenters. The van der Waals surface area contributed by atoms with Crippen LogP contribution in [-0.4, -0.2) is 29.1 Å². The molecular formula is C12H16N2O2. The second-order valence-electron chi connectivity index (χ2n) is 4.12. The Kier molecular flexibility index (Phi) is 3.39. The fourth-order valence-corrected chi connectivity index (χ4v) is 2.16. The van der Waals surface area contributed by atoms with E-state index >= 15 is 0 Å². The van der Waals surface area contributed by atoms with Crippen molar-refractivity contribution in [2.24, 2.45) is 0 Å². The molecule has 1 N–H and O–H groups in total. The summed E-state index contributed by atoms with van der Waals surface area (Å²) in [5.41, 5.74) is 1.86. The molecule has 0 aliphatic carbocycles. The minimum absolute atomic E-state index is 0.0552. The average molecular weight is 220 g/mol. The third-order valence-corrected chi connectivity index (χ3v) is 2.92. The molecule has 4 heteroatoms. The Balaban J connectivity index is 2.20. The van der Waals surface area contributed by atoms with Crippen molar-refractivity contribution >= 4 is 11.7 Å². The maximum Gasteiger partial charge on any atom is 0.307 e. The SMILES string of the molecule is O=C(O)Cc1cnccc1N1CCCCC1. The highest BCUT2D eigenvalue weighted by Gasteiger charge is 2.15. The third kappa shape index (κ3) is 2.51. The molecule has 86 valence electrons. The zero-order chi connectivity index (χ0) is 11.4. The van der Waals surface area contributed by atoms with Crippen LogP contribution in [0.1, 0.15) is 24.8 Å². The highest BCUT2D eigenvalue weighted by Crippen LogP contribution is 2.23. The van der Waals surface area contributed by atoms with Gasteiger partial charge in [-0.1, -0.05) is 0 Å². The Bertz CT molecular complexity index is 373. The van der Waals surface area contributed by atoms with E-state index in [2.05, 4.69) is 9.88 Å². The van der Waals surface area contributed by atoms with Gasteiger partial charge in [-0.25, -0.2) is 0 Å². The monoisotopic (exact) mass is 220 g/mol. The number of pyridine rings is 1. The van der Waals surface area contributed by atoms with Crippen LogP contribution < -0.4 is 4.90 Å². The highest BCUT2D eigenvalue weighted by atomic mass is 16.4. The van der Waals surface area contributed by atoms with Gasteiger partial charge in [0.15, 0.2) is 0 Å². The molecule has 1 aliphatic heterocycles. The first-order valence-electron chi connectivity index (χ1n) is 5.67. The quantitative estimate of drug-likeness (QED) is 0.842. The van der Waals surface area contributed by atoms with Gasteiger partial charge in [0.2, 0.25) is 0 Å². The van der Waals surface area contributed by atoms with Crippen LogP contribution >= 0.6 is 0 Å². The number of nitrogens with zero attached hydrogens (tertiary/aromatic N) is 2. The van der Waals surface area contributed by atoms with Crippen LogP contribution in [0.15, 0.2) is 18.5 Å². The summed E-state index contributed by atoms with van der Waals surface area (Å²) in [6.45, 7) is 2.05. The number of carbonyl (C=O) groups is 1. The van der Waals surface area contributed by atoms with Crippen LogP contribution in [0.25, 0.3) is 0 Å². The number of carboxylic acid groups (broad SMARTS) is 1. The number of hydrogen-bond acceptors (Lipinski definition) is 3. The molecule has 0 bridgehead atoms. The summed E-state index contributed by atoms with van der Waals surface area (Å²) in [6, 6.07) is 1.92. The summed E-state index contributed by atoms with van der Waals surface area (Å²) in [4.78, 5) is 17.0. The molecule has 0 atom stereocenters. The highest BCUT2D eigenvalue weighted by molar-refractivity contribution is 5.73. The first-order valence-corrected chi connectivity index (χ1v) is 5.67. The van der Waals surface area contributed by atoms with E-state index in [4.69, 9.17) is 5.11 Å². The summed E-state index contributed by atoms with van der Waals surface area (Å²) in [5.74, 6) is -0.800. The van der Waals surface area contributed by atoms with Gasteiger partial charge in [0.05, 0.1) is 6.42 Å². The lowest BCUT2D eigenvalue weighted by Gasteiger charge is -2.30. The Morgan fingerprint density at radius 1 is 1.38 bits per heavy atom. The molecule has 1 aromatic heterocycles. The largest absolute Gasteiger partial charge is 0.481 e. The van der Waals surface area contributed by atoms with E-state index in [1.807, 2.05) is 6.07 Å². The van der Waals surface area contributed by atoms with Crippen LogP contribution in [0.3, 0.4) is 0 Å². The van der Waals surface area contributed by atoms with E-state index in [1.165, 1.54) is 19.3 Å². The molecule has 2 rings (SSSR count). The van der Waals surface area contributed by atoms with Gasteiger partial charge in [0.25, 0.3) is 0 Å². The van der Waals surface area contributed by atoms with Gasteiger partial charge in [-0.3, -0.25) is 9.78 Å². The van der Waals surface area contributed by atoms with Crippen molar-refractivity contribution in [1.29, 1.82) is 0 Å². The number of rotatable bonds is 3. The van der Waals surface area contributed by atoms with Crippen LogP contribution in [0.4, 0.5) is 5.69 Å². The van der Waals surface area contributed by atoms with Gasteiger partial charge in [-0.05, 0) is 25.3 Å². The Morgan fingerprint density at radius 3 is 2.81 bits per heavy atom. The van der Waals surface area contributed by atoms with Crippen molar-refractivity contribution in [3.63, 3.8) is 0 Å². The predicted octanol–water partition coefficient (Wildman–Crippen LogP) is 1.70. The number of carboxylic acids is 1. The Hall–Kier alpha value is -1.58. The van der Waals surface area contributed by atoms with E-state index in [9.17, 15) is 4.79 Å². The molecular weight excluding hydrogens is 204 g/mol. The molecule has 16 heavy (non-hydrogen) atoms. The van der Waals surface area contributed by atoms with Gasteiger partial charge in [0.1, 0.15) is 0 Å². The van der Waals surface area contributed by atoms with E-state index < -0.39 is 5.97 Å². The molecule has 0 aromatic carbocycles. The fraction of sp³-hybridized carbons (Fsp3) is 0.500. The summed E-state index contributed by atoms with van der Waals surface area (Å²) in [6.07, 6.45) is 7.10. The van der Waals surface area contributed by atoms with Crippen molar-refractivity contribution in [1.82, 2.24) is 4.98 Å². The van der Waals surface area contributed by atoms with E-state index in [-0.39, 0.29) is 6.42 Å². The lowest BCUT2D eigenvalue weighted by Crippen LogP contribution is -2.30. The van der Waals surface area contributed by atoms with E-state index in [1.54, 1.807) is 12.4 Å². The molecule has 0 amide bonds. The molecule has 2 heterocycles. The minimum atomic E-state index is -0.800. The van der Waals surface area contributed by atoms with Crippen LogP contribution in [0, 0.1) is 0 Å². The van der Waals surface area contributed by atoms with Crippen molar-refractivity contribution in [2.75, 3.05) is 18.0 Å². The van der Waals surface area contributed by atoms with Gasteiger partial charge < -0.3 is 10.0 Å². The minimum Gasteiger partial charge on any atom is -0.481 e. The van der Waals surface area contributed by atoms with Crippen molar-refractivity contribution < 1.29 is 9.90 Å². The number of hydrogen-bond donors (Lipinski definition) is 1. The van der Waals surface area contributed by atoms with Crippen molar-refractivity contribution in [3.8, 4) is 0 Å². The predicted molar refractivity (Wildman–Crippen MR) is 61.6 cm³/mol. The second-order valence-corrected chi connectivity index (χ2v) is 4.12. The first-order chi connectivity index (χ1) is 7.77. The topological polar surface area (TPSA) is 53.4 Å². The second kappa shape index (κ2) is 4.96. The number of aliphatic carboxylic acids is 1. The van der Waals surface area contributed by atoms with Crippen molar-refractivity contribution in [3.05, 3.63) is 24.0 Å². The molecule has 0 saturated carbocycles. The normalized spacial score (nSPS) is 16.1. The lowest BCUT2D eigenvalue weighted by atomic mass is 10.1. The molecule has 0 spiro atoms. The Labute approximate surface area is 94.9 Å². The van der Waals surface area contributed by atoms with Crippen LogP contribution in [0.5, 0.6) is 0 Å². The van der Waals surface area contributed by atoms with Gasteiger partial charge in [-0.15, -0.1) is 0 Å². The zero-order valence-electron chi connectivity index (χ0n) is 9.22.